The summed E-state index contributed by atoms with van der Waals surface area (Å²) >= 11 is 0. The first kappa shape index (κ1) is 40.8. The number of phenols is 3. The number of aromatic hydroxyl groups is 4. The van der Waals surface area contributed by atoms with Crippen molar-refractivity contribution in [2.75, 3.05) is 19.8 Å². The Bertz CT molecular complexity index is 1680. The molecule has 16 atom stereocenters. The molecule has 0 radical (unpaired) electrons. The molecule has 3 fully saturated rings. The highest BCUT2D eigenvalue weighted by atomic mass is 16.7. The molecule has 0 aliphatic carbocycles. The van der Waals surface area contributed by atoms with E-state index in [0.29, 0.717) is 0 Å². The molecular weight excluding hydrogens is 748 g/mol. The Morgan fingerprint density at radius 3 is 1.49 bits per heavy atom. The maximum atomic E-state index is 11.1. The van der Waals surface area contributed by atoms with Gasteiger partial charge in [-0.3, -0.25) is 0 Å². The van der Waals surface area contributed by atoms with Crippen LogP contribution in [-0.2, 0) is 18.9 Å². The Kier molecular flexibility index (Phi) is 12.1. The van der Waals surface area contributed by atoms with E-state index in [2.05, 4.69) is 4.74 Å². The highest BCUT2D eigenvalue weighted by Crippen LogP contribution is 2.48. The van der Waals surface area contributed by atoms with Crippen molar-refractivity contribution < 1.29 is 110 Å². The normalized spacial score (nSPS) is 39.0. The van der Waals surface area contributed by atoms with Gasteiger partial charge < -0.3 is 110 Å². The number of aliphatic hydroxyl groups is 13. The van der Waals surface area contributed by atoms with Gasteiger partial charge in [0.05, 0.1) is 31.5 Å². The van der Waals surface area contributed by atoms with Gasteiger partial charge in [0.1, 0.15) is 90.3 Å². The molecule has 22 nitrogen and oxygen atoms in total. The van der Waals surface area contributed by atoms with Crippen molar-refractivity contribution in [3.63, 3.8) is 0 Å². The summed E-state index contributed by atoms with van der Waals surface area (Å²) in [7, 11) is 0. The molecule has 4 aliphatic rings. The summed E-state index contributed by atoms with van der Waals surface area (Å²) in [5.41, 5.74) is -0.145. The molecule has 0 amide bonds. The maximum Gasteiger partial charge on any atom is 0.270 e. The predicted octanol–water partition coefficient (Wildman–Crippen LogP) is -5.69. The minimum atomic E-state index is -1.93. The number of hydrogen-bond donors (Lipinski definition) is 15. The molecule has 306 valence electrons. The van der Waals surface area contributed by atoms with Crippen molar-refractivity contribution >= 4 is 6.08 Å². The lowest BCUT2D eigenvalue weighted by Crippen LogP contribution is -2.60. The number of ether oxygens (including phenoxy) is 7. The maximum absolute atomic E-state index is 11.1. The Morgan fingerprint density at radius 1 is 0.527 bits per heavy atom. The van der Waals surface area contributed by atoms with Gasteiger partial charge in [0.2, 0.25) is 24.6 Å². The first-order valence-electron chi connectivity index (χ1n) is 16.8. The molecule has 0 aromatic heterocycles. The second-order valence-electron chi connectivity index (χ2n) is 13.3. The molecule has 55 heavy (non-hydrogen) atoms. The highest BCUT2D eigenvalue weighted by Gasteiger charge is 2.49. The summed E-state index contributed by atoms with van der Waals surface area (Å²) in [4.78, 5) is 0. The van der Waals surface area contributed by atoms with E-state index < -0.39 is 141 Å². The zero-order chi connectivity index (χ0) is 40.0. The summed E-state index contributed by atoms with van der Waals surface area (Å²) in [6.07, 6.45) is -26.0. The minimum absolute atomic E-state index is 0.0576. The summed E-state index contributed by atoms with van der Waals surface area (Å²) in [6, 6.07) is 4.36. The second kappa shape index (κ2) is 16.3. The van der Waals surface area contributed by atoms with Gasteiger partial charge in [-0.25, -0.2) is 0 Å². The fourth-order valence-corrected chi connectivity index (χ4v) is 6.43. The molecule has 3 saturated heterocycles. The molecule has 2 aromatic carbocycles. The van der Waals surface area contributed by atoms with Crippen LogP contribution in [0.25, 0.3) is 6.08 Å². The molecule has 0 saturated carbocycles. The van der Waals surface area contributed by atoms with Crippen LogP contribution >= 0.6 is 0 Å². The summed E-state index contributed by atoms with van der Waals surface area (Å²) in [5, 5.41) is 154. The van der Waals surface area contributed by atoms with Crippen LogP contribution in [0, 0.1) is 0 Å². The second-order valence-corrected chi connectivity index (χ2v) is 13.3. The summed E-state index contributed by atoms with van der Waals surface area (Å²) < 4.78 is 38.0. The highest BCUT2D eigenvalue weighted by molar-refractivity contribution is 5.70. The Morgan fingerprint density at radius 2 is 1.00 bits per heavy atom. The molecule has 0 spiro atoms. The molecule has 4 heterocycles. The molecule has 22 heteroatoms. The molecule has 1 unspecified atom stereocenters. The smallest absolute Gasteiger partial charge is 0.270 e. The van der Waals surface area contributed by atoms with Crippen LogP contribution in [0.3, 0.4) is 0 Å². The van der Waals surface area contributed by atoms with Crippen LogP contribution < -0.4 is 9.47 Å². The van der Waals surface area contributed by atoms with Gasteiger partial charge in [-0.05, 0) is 12.1 Å². The van der Waals surface area contributed by atoms with Crippen LogP contribution in [0.2, 0.25) is 0 Å². The van der Waals surface area contributed by atoms with E-state index >= 15 is 0 Å². The van der Waals surface area contributed by atoms with E-state index in [1.165, 1.54) is 12.1 Å². The lowest BCUT2D eigenvalue weighted by molar-refractivity contribution is -0.295. The van der Waals surface area contributed by atoms with Crippen molar-refractivity contribution in [1.29, 1.82) is 0 Å². The van der Waals surface area contributed by atoms with Crippen molar-refractivity contribution in [3.8, 4) is 34.5 Å². The number of benzene rings is 2. The third kappa shape index (κ3) is 7.80. The quantitative estimate of drug-likeness (QED) is 0.0787. The first-order valence-corrected chi connectivity index (χ1v) is 16.8. The average molecular weight is 792 g/mol. The topological polar surface area (TPSA) is 372 Å². The van der Waals surface area contributed by atoms with Crippen molar-refractivity contribution in [2.45, 2.75) is 98.2 Å². The zero-order valence-electron chi connectivity index (χ0n) is 28.4. The lowest BCUT2D eigenvalue weighted by Gasteiger charge is -2.40. The van der Waals surface area contributed by atoms with Crippen LogP contribution in [-0.4, -0.2) is 193 Å². The number of hydrogen-bond acceptors (Lipinski definition) is 21. The Hall–Kier alpha value is -3.82. The molecular formula is C33H43O22+. The molecule has 2 aromatic rings. The SMILES string of the molecule is OC[C@@H]1O[C@@H](Oc2cc(C3[OH+]c4cc(O[C@@H]5O[C@@H](CO)[C@@H](O)[C@H](O)[C@H]5O)cc(O)c4C=C3O[C@@H]3O[C@H](CO)[C@@H](O)[C@H](O)[C@H]3O)cc(O)c2O)[C@@H](O)[C@@H](O)[C@@H]1O. The number of fused-ring (bicyclic) bond motifs is 1. The molecule has 4 aliphatic heterocycles. The van der Waals surface area contributed by atoms with Gasteiger partial charge >= 0.3 is 0 Å². The third-order valence-electron chi connectivity index (χ3n) is 9.62. The van der Waals surface area contributed by atoms with Crippen LogP contribution in [0.4, 0.5) is 0 Å². The van der Waals surface area contributed by atoms with Crippen LogP contribution in [0.5, 0.6) is 34.5 Å². The van der Waals surface area contributed by atoms with Crippen LogP contribution in [0.1, 0.15) is 17.2 Å². The van der Waals surface area contributed by atoms with E-state index in [1.807, 2.05) is 0 Å². The molecule has 0 bridgehead atoms. The summed E-state index contributed by atoms with van der Waals surface area (Å²) in [5.74, 6) is -3.43. The van der Waals surface area contributed by atoms with Gasteiger partial charge in [0.25, 0.3) is 11.9 Å². The summed E-state index contributed by atoms with van der Waals surface area (Å²) in [6.45, 7) is -2.36. The Balaban J connectivity index is 1.37. The lowest BCUT2D eigenvalue weighted by atomic mass is 9.98. The number of aliphatic hydroxyl groups excluding tert-OH is 12. The monoisotopic (exact) mass is 791 g/mol. The first-order chi connectivity index (χ1) is 26.1. The fourth-order valence-electron chi connectivity index (χ4n) is 6.43. The van der Waals surface area contributed by atoms with Crippen molar-refractivity contribution in [1.82, 2.24) is 0 Å². The number of phenolic OH excluding ortho intramolecular Hbond substituents is 3. The third-order valence-corrected chi connectivity index (χ3v) is 9.62. The average Bonchev–Trinajstić information content (AvgIpc) is 3.16. The Labute approximate surface area is 309 Å². The predicted molar refractivity (Wildman–Crippen MR) is 174 cm³/mol. The van der Waals surface area contributed by atoms with E-state index in [9.17, 15) is 76.6 Å². The molecule has 16 N–H and O–H groups in total. The van der Waals surface area contributed by atoms with E-state index in [4.69, 9.17) is 28.4 Å². The molecule has 6 rings (SSSR count). The van der Waals surface area contributed by atoms with E-state index in [-0.39, 0.29) is 28.4 Å². The zero-order valence-corrected chi connectivity index (χ0v) is 28.4. The van der Waals surface area contributed by atoms with Crippen molar-refractivity contribution in [3.05, 3.63) is 41.2 Å². The van der Waals surface area contributed by atoms with E-state index in [0.717, 1.165) is 18.2 Å². The van der Waals surface area contributed by atoms with Gasteiger partial charge in [0, 0.05) is 12.1 Å². The van der Waals surface area contributed by atoms with Crippen molar-refractivity contribution in [2.24, 2.45) is 0 Å². The van der Waals surface area contributed by atoms with Gasteiger partial charge in [-0.15, -0.1) is 0 Å². The van der Waals surface area contributed by atoms with Gasteiger partial charge in [-0.2, -0.15) is 0 Å². The standard InChI is InChI=1S/C33H42O22/c34-6-17-21(40)24(43)27(46)31(53-17)49-10-3-12(37)11-5-16(52-33-29(48)26(45)23(42)19(8-36)55-33)30(50-14(11)4-10)9-1-13(38)20(39)15(2-9)51-32-28(47)25(44)22(41)18(7-35)54-32/h1-5,17-19,21-48H,6-8H2/p+1/t17-,18-,19+,21+,22+,23+,24-,25-,26-,27+,28-,29+,30?,31+,32+,33+/m0/s1. The largest absolute Gasteiger partial charge is 0.571 e. The number of rotatable bonds is 10. The minimum Gasteiger partial charge on any atom is -0.571 e. The van der Waals surface area contributed by atoms with E-state index in [1.54, 1.807) is 0 Å². The fraction of sp³-hybridized carbons (Fsp3) is 0.576. The van der Waals surface area contributed by atoms with Crippen LogP contribution in [0.15, 0.2) is 30.0 Å². The van der Waals surface area contributed by atoms with Gasteiger partial charge in [0.15, 0.2) is 17.3 Å². The van der Waals surface area contributed by atoms with Gasteiger partial charge in [-0.1, -0.05) is 0 Å².